The van der Waals surface area contributed by atoms with Crippen LogP contribution in [-0.4, -0.2) is 22.7 Å². The number of aliphatic hydroxyl groups is 1. The first kappa shape index (κ1) is 14.5. The smallest absolute Gasteiger partial charge is 0.0959 e. The number of nitrogens with one attached hydrogen (secondary N) is 1. The molecule has 0 spiro atoms. The van der Waals surface area contributed by atoms with Gasteiger partial charge in [-0.1, -0.05) is 25.7 Å². The first-order valence-electron chi connectivity index (χ1n) is 8.15. The predicted molar refractivity (Wildman–Crippen MR) is 83.0 cm³/mol. The third-order valence-electron chi connectivity index (χ3n) is 4.96. The molecule has 2 N–H and O–H groups in total. The van der Waals surface area contributed by atoms with Crippen LogP contribution in [-0.2, 0) is 6.54 Å². The van der Waals surface area contributed by atoms with E-state index in [1.54, 1.807) is 0 Å². The number of rotatable bonds is 5. The van der Waals surface area contributed by atoms with Crippen LogP contribution in [0.5, 0.6) is 0 Å². The van der Waals surface area contributed by atoms with Crippen molar-refractivity contribution in [2.75, 3.05) is 6.61 Å². The summed E-state index contributed by atoms with van der Waals surface area (Å²) in [5.41, 5.74) is 0. The average Bonchev–Trinajstić information content (AvgIpc) is 2.72. The Hall–Kier alpha value is -0.450. The topological polar surface area (TPSA) is 45.1 Å². The lowest BCUT2D eigenvalue weighted by molar-refractivity contribution is 0.181. The minimum Gasteiger partial charge on any atom is -0.396 e. The molecule has 2 aliphatic carbocycles. The van der Waals surface area contributed by atoms with Crippen molar-refractivity contribution >= 4 is 11.3 Å². The number of aliphatic hydroxyl groups excluding tert-OH is 1. The molecule has 0 aromatic carbocycles. The molecule has 2 aliphatic rings. The first-order valence-corrected chi connectivity index (χ1v) is 8.97. The summed E-state index contributed by atoms with van der Waals surface area (Å²) in [6, 6.07) is 0.483. The lowest BCUT2D eigenvalue weighted by atomic mass is 9.86. The van der Waals surface area contributed by atoms with Crippen molar-refractivity contribution in [3.8, 4) is 0 Å². The summed E-state index contributed by atoms with van der Waals surface area (Å²) in [5, 5.41) is 14.6. The molecule has 112 valence electrons. The van der Waals surface area contributed by atoms with Gasteiger partial charge in [0.25, 0.3) is 0 Å². The van der Waals surface area contributed by atoms with E-state index in [1.807, 2.05) is 11.3 Å². The number of thiazole rings is 1. The molecule has 0 radical (unpaired) electrons. The van der Waals surface area contributed by atoms with Gasteiger partial charge in [0.1, 0.15) is 0 Å². The van der Waals surface area contributed by atoms with Crippen LogP contribution in [0.2, 0.25) is 0 Å². The van der Waals surface area contributed by atoms with Gasteiger partial charge in [0.05, 0.1) is 5.01 Å². The van der Waals surface area contributed by atoms with E-state index in [0.717, 1.165) is 12.5 Å². The molecule has 2 unspecified atom stereocenters. The fourth-order valence-electron chi connectivity index (χ4n) is 3.35. The standard InChI is InChI=1S/C16H26N2OS/c19-11-13-5-2-1-3-8-15(13)17-9-14-10-18-16(20-14)12-6-4-7-12/h10,12-13,15,17,19H,1-9,11H2. The third kappa shape index (κ3) is 3.41. The molecule has 2 fully saturated rings. The van der Waals surface area contributed by atoms with E-state index in [4.69, 9.17) is 0 Å². The third-order valence-corrected chi connectivity index (χ3v) is 6.12. The van der Waals surface area contributed by atoms with Crippen LogP contribution in [0.3, 0.4) is 0 Å². The number of nitrogens with zero attached hydrogens (tertiary/aromatic N) is 1. The lowest BCUT2D eigenvalue weighted by Gasteiger charge is -2.24. The maximum atomic E-state index is 9.55. The highest BCUT2D eigenvalue weighted by atomic mass is 32.1. The highest BCUT2D eigenvalue weighted by Gasteiger charge is 2.24. The zero-order chi connectivity index (χ0) is 13.8. The number of aromatic nitrogens is 1. The van der Waals surface area contributed by atoms with Gasteiger partial charge in [0.2, 0.25) is 0 Å². The molecule has 1 heterocycles. The van der Waals surface area contributed by atoms with E-state index in [0.29, 0.717) is 18.6 Å². The lowest BCUT2D eigenvalue weighted by Crippen LogP contribution is -2.36. The summed E-state index contributed by atoms with van der Waals surface area (Å²) < 4.78 is 0. The molecule has 3 rings (SSSR count). The predicted octanol–water partition coefficient (Wildman–Crippen LogP) is 3.44. The fraction of sp³-hybridized carbons (Fsp3) is 0.812. The van der Waals surface area contributed by atoms with Gasteiger partial charge in [-0.3, -0.25) is 0 Å². The minimum atomic E-state index is 0.327. The SMILES string of the molecule is OCC1CCCCCC1NCc1cnc(C2CCC2)s1. The number of hydrogen-bond acceptors (Lipinski definition) is 4. The monoisotopic (exact) mass is 294 g/mol. The summed E-state index contributed by atoms with van der Waals surface area (Å²) >= 11 is 1.88. The van der Waals surface area contributed by atoms with Crippen molar-refractivity contribution in [2.45, 2.75) is 69.9 Å². The molecule has 0 amide bonds. The summed E-state index contributed by atoms with van der Waals surface area (Å²) in [6.45, 7) is 1.25. The maximum absolute atomic E-state index is 9.55. The molecule has 0 aliphatic heterocycles. The maximum Gasteiger partial charge on any atom is 0.0959 e. The second-order valence-corrected chi connectivity index (χ2v) is 7.51. The Labute approximate surface area is 125 Å². The minimum absolute atomic E-state index is 0.327. The van der Waals surface area contributed by atoms with Gasteiger partial charge in [-0.25, -0.2) is 4.98 Å². The second-order valence-electron chi connectivity index (χ2n) is 6.36. The average molecular weight is 294 g/mol. The van der Waals surface area contributed by atoms with Gasteiger partial charge in [-0.15, -0.1) is 11.3 Å². The Balaban J connectivity index is 1.53. The molecule has 3 nitrogen and oxygen atoms in total. The van der Waals surface area contributed by atoms with Crippen molar-refractivity contribution in [1.82, 2.24) is 10.3 Å². The van der Waals surface area contributed by atoms with Crippen LogP contribution in [0.25, 0.3) is 0 Å². The second kappa shape index (κ2) is 7.01. The quantitative estimate of drug-likeness (QED) is 0.818. The van der Waals surface area contributed by atoms with E-state index >= 15 is 0 Å². The van der Waals surface area contributed by atoms with Gasteiger partial charge in [-0.05, 0) is 31.6 Å². The number of hydrogen-bond donors (Lipinski definition) is 2. The molecule has 2 saturated carbocycles. The van der Waals surface area contributed by atoms with Crippen LogP contribution < -0.4 is 5.32 Å². The van der Waals surface area contributed by atoms with Crippen LogP contribution in [0.4, 0.5) is 0 Å². The Morgan fingerprint density at radius 1 is 1.15 bits per heavy atom. The zero-order valence-electron chi connectivity index (χ0n) is 12.2. The van der Waals surface area contributed by atoms with E-state index in [9.17, 15) is 5.11 Å². The molecule has 0 bridgehead atoms. The Bertz CT molecular complexity index is 416. The molecular formula is C16H26N2OS. The van der Waals surface area contributed by atoms with E-state index in [2.05, 4.69) is 16.5 Å². The Morgan fingerprint density at radius 3 is 2.75 bits per heavy atom. The van der Waals surface area contributed by atoms with Crippen LogP contribution in [0.15, 0.2) is 6.20 Å². The molecule has 1 aromatic rings. The molecule has 1 aromatic heterocycles. The van der Waals surface area contributed by atoms with Crippen molar-refractivity contribution in [3.05, 3.63) is 16.1 Å². The molecule has 2 atom stereocenters. The largest absolute Gasteiger partial charge is 0.396 e. The summed E-state index contributed by atoms with van der Waals surface area (Å²) in [6.07, 6.45) is 12.4. The van der Waals surface area contributed by atoms with E-state index in [-0.39, 0.29) is 0 Å². The van der Waals surface area contributed by atoms with Crippen LogP contribution >= 0.6 is 11.3 Å². The normalized spacial score (nSPS) is 28.1. The molecule has 20 heavy (non-hydrogen) atoms. The van der Waals surface area contributed by atoms with Crippen LogP contribution in [0, 0.1) is 5.92 Å². The van der Waals surface area contributed by atoms with Crippen molar-refractivity contribution in [3.63, 3.8) is 0 Å². The van der Waals surface area contributed by atoms with Gasteiger partial charge in [0.15, 0.2) is 0 Å². The van der Waals surface area contributed by atoms with Gasteiger partial charge in [-0.2, -0.15) is 0 Å². The van der Waals surface area contributed by atoms with Gasteiger partial charge < -0.3 is 10.4 Å². The van der Waals surface area contributed by atoms with E-state index in [1.165, 1.54) is 61.3 Å². The zero-order valence-corrected chi connectivity index (χ0v) is 13.0. The summed E-state index contributed by atoms with van der Waals surface area (Å²) in [5.74, 6) is 1.19. The van der Waals surface area contributed by atoms with Crippen molar-refractivity contribution < 1.29 is 5.11 Å². The molecule has 0 saturated heterocycles. The first-order chi connectivity index (χ1) is 9.86. The van der Waals surface area contributed by atoms with Gasteiger partial charge >= 0.3 is 0 Å². The van der Waals surface area contributed by atoms with Crippen molar-refractivity contribution in [2.24, 2.45) is 5.92 Å². The molecule has 4 heteroatoms. The van der Waals surface area contributed by atoms with Crippen molar-refractivity contribution in [1.29, 1.82) is 0 Å². The van der Waals surface area contributed by atoms with E-state index < -0.39 is 0 Å². The summed E-state index contributed by atoms with van der Waals surface area (Å²) in [4.78, 5) is 5.94. The fourth-order valence-corrected chi connectivity index (χ4v) is 4.39. The Kier molecular flexibility index (Phi) is 5.08. The van der Waals surface area contributed by atoms with Gasteiger partial charge in [0, 0.05) is 36.2 Å². The molecular weight excluding hydrogens is 268 g/mol. The highest BCUT2D eigenvalue weighted by Crippen LogP contribution is 2.38. The highest BCUT2D eigenvalue weighted by molar-refractivity contribution is 7.11. The van der Waals surface area contributed by atoms with Crippen LogP contribution in [0.1, 0.15) is 67.2 Å². The Morgan fingerprint density at radius 2 is 2.00 bits per heavy atom. The summed E-state index contributed by atoms with van der Waals surface area (Å²) in [7, 11) is 0.